The molecule has 6 heteroatoms. The van der Waals surface area contributed by atoms with Gasteiger partial charge in [0.05, 0.1) is 6.26 Å². The smallest absolute Gasteiger partial charge is 0.271 e. The largest absolute Gasteiger partial charge is 0.463 e. The number of rotatable bonds is 6. The van der Waals surface area contributed by atoms with E-state index in [1.54, 1.807) is 24.5 Å². The molecular weight excluding hydrogens is 232 g/mol. The number of carbonyl (C=O) groups is 1. The quantitative estimate of drug-likeness (QED) is 0.666. The number of nitrogens with one attached hydrogen (secondary N) is 3. The van der Waals surface area contributed by atoms with Crippen molar-refractivity contribution in [3.8, 4) is 11.5 Å². The Kier molecular flexibility index (Phi) is 4.14. The van der Waals surface area contributed by atoms with Gasteiger partial charge in [0.15, 0.2) is 11.5 Å². The first-order valence-electron chi connectivity index (χ1n) is 5.89. The van der Waals surface area contributed by atoms with Crippen molar-refractivity contribution in [1.29, 1.82) is 0 Å². The van der Waals surface area contributed by atoms with E-state index in [1.807, 2.05) is 6.92 Å². The minimum absolute atomic E-state index is 0.193. The minimum atomic E-state index is -0.193. The molecule has 0 saturated carbocycles. The van der Waals surface area contributed by atoms with Crippen molar-refractivity contribution >= 4 is 5.91 Å². The highest BCUT2D eigenvalue weighted by Gasteiger charge is 2.11. The summed E-state index contributed by atoms with van der Waals surface area (Å²) in [5.41, 5.74) is 1.05. The topological polar surface area (TPSA) is 83.0 Å². The van der Waals surface area contributed by atoms with Gasteiger partial charge in [-0.3, -0.25) is 9.89 Å². The van der Waals surface area contributed by atoms with E-state index in [-0.39, 0.29) is 5.91 Å². The Labute approximate surface area is 105 Å². The standard InChI is InChI=1S/C12H16N4O2/c1-2-13-5-6-14-12(17)10-8-9(15-16-10)11-4-3-7-18-11/h3-4,7-8,13H,2,5-6H2,1H3,(H,14,17)(H,15,16). The number of hydrogen-bond donors (Lipinski definition) is 3. The van der Waals surface area contributed by atoms with Crippen LogP contribution in [-0.2, 0) is 0 Å². The molecule has 0 spiro atoms. The lowest BCUT2D eigenvalue weighted by Gasteiger charge is -2.02. The van der Waals surface area contributed by atoms with Crippen molar-refractivity contribution in [3.05, 3.63) is 30.2 Å². The SMILES string of the molecule is CCNCCNC(=O)c1cc(-c2ccco2)[nH]n1. The molecular formula is C12H16N4O2. The first-order chi connectivity index (χ1) is 8.81. The van der Waals surface area contributed by atoms with Crippen molar-refractivity contribution < 1.29 is 9.21 Å². The Balaban J connectivity index is 1.91. The highest BCUT2D eigenvalue weighted by molar-refractivity contribution is 5.93. The zero-order chi connectivity index (χ0) is 12.8. The Bertz CT molecular complexity index is 490. The molecule has 96 valence electrons. The molecule has 1 amide bonds. The van der Waals surface area contributed by atoms with Crippen LogP contribution in [-0.4, -0.2) is 35.7 Å². The second-order valence-corrected chi connectivity index (χ2v) is 3.75. The molecule has 0 aromatic carbocycles. The molecule has 3 N–H and O–H groups in total. The highest BCUT2D eigenvalue weighted by Crippen LogP contribution is 2.17. The summed E-state index contributed by atoms with van der Waals surface area (Å²) in [7, 11) is 0. The molecule has 0 aliphatic heterocycles. The predicted molar refractivity (Wildman–Crippen MR) is 67.2 cm³/mol. The third-order valence-electron chi connectivity index (χ3n) is 2.43. The number of hydrogen-bond acceptors (Lipinski definition) is 4. The second-order valence-electron chi connectivity index (χ2n) is 3.75. The second kappa shape index (κ2) is 6.02. The molecule has 2 aromatic rings. The van der Waals surface area contributed by atoms with Gasteiger partial charge >= 0.3 is 0 Å². The molecule has 0 bridgehead atoms. The fourth-order valence-electron chi connectivity index (χ4n) is 1.53. The van der Waals surface area contributed by atoms with Crippen LogP contribution in [0.4, 0.5) is 0 Å². The van der Waals surface area contributed by atoms with Crippen LogP contribution in [0.2, 0.25) is 0 Å². The molecule has 0 saturated heterocycles. The van der Waals surface area contributed by atoms with Crippen molar-refractivity contribution in [2.24, 2.45) is 0 Å². The maximum Gasteiger partial charge on any atom is 0.271 e. The van der Waals surface area contributed by atoms with Crippen LogP contribution in [0, 0.1) is 0 Å². The number of nitrogens with zero attached hydrogens (tertiary/aromatic N) is 1. The van der Waals surface area contributed by atoms with Gasteiger partial charge in [-0.15, -0.1) is 0 Å². The molecule has 0 atom stereocenters. The number of H-pyrrole nitrogens is 1. The molecule has 0 aliphatic carbocycles. The molecule has 0 aliphatic rings. The Morgan fingerprint density at radius 3 is 3.11 bits per heavy atom. The summed E-state index contributed by atoms with van der Waals surface area (Å²) in [4.78, 5) is 11.7. The molecule has 0 fully saturated rings. The molecule has 18 heavy (non-hydrogen) atoms. The Hall–Kier alpha value is -2.08. The van der Waals surface area contributed by atoms with Crippen molar-refractivity contribution in [2.45, 2.75) is 6.92 Å². The van der Waals surface area contributed by atoms with E-state index in [0.717, 1.165) is 13.1 Å². The lowest BCUT2D eigenvalue weighted by Crippen LogP contribution is -2.31. The van der Waals surface area contributed by atoms with E-state index >= 15 is 0 Å². The number of carbonyl (C=O) groups excluding carboxylic acids is 1. The average Bonchev–Trinajstić information content (AvgIpc) is 3.03. The normalized spacial score (nSPS) is 10.5. The Morgan fingerprint density at radius 1 is 1.50 bits per heavy atom. The van der Waals surface area contributed by atoms with E-state index in [1.165, 1.54) is 0 Å². The van der Waals surface area contributed by atoms with Crippen LogP contribution in [0.1, 0.15) is 17.4 Å². The zero-order valence-electron chi connectivity index (χ0n) is 10.2. The van der Waals surface area contributed by atoms with Gasteiger partial charge in [-0.25, -0.2) is 0 Å². The zero-order valence-corrected chi connectivity index (χ0v) is 10.2. The molecule has 2 rings (SSSR count). The molecule has 0 radical (unpaired) electrons. The molecule has 2 heterocycles. The summed E-state index contributed by atoms with van der Waals surface area (Å²) in [6, 6.07) is 5.26. The van der Waals surface area contributed by atoms with Gasteiger partial charge in [0.1, 0.15) is 5.69 Å². The monoisotopic (exact) mass is 248 g/mol. The van der Waals surface area contributed by atoms with E-state index < -0.39 is 0 Å². The average molecular weight is 248 g/mol. The van der Waals surface area contributed by atoms with Crippen LogP contribution in [0.25, 0.3) is 11.5 Å². The third kappa shape index (κ3) is 2.98. The number of furan rings is 1. The number of aromatic nitrogens is 2. The summed E-state index contributed by atoms with van der Waals surface area (Å²) in [5, 5.41) is 12.6. The van der Waals surface area contributed by atoms with E-state index in [9.17, 15) is 4.79 Å². The lowest BCUT2D eigenvalue weighted by atomic mass is 10.3. The van der Waals surface area contributed by atoms with Crippen molar-refractivity contribution in [2.75, 3.05) is 19.6 Å². The van der Waals surface area contributed by atoms with Crippen LogP contribution < -0.4 is 10.6 Å². The fraction of sp³-hybridized carbons (Fsp3) is 0.333. The van der Waals surface area contributed by atoms with Gasteiger partial charge in [-0.1, -0.05) is 6.92 Å². The fourth-order valence-corrected chi connectivity index (χ4v) is 1.53. The van der Waals surface area contributed by atoms with E-state index in [2.05, 4.69) is 20.8 Å². The summed E-state index contributed by atoms with van der Waals surface area (Å²) in [6.45, 7) is 4.24. The summed E-state index contributed by atoms with van der Waals surface area (Å²) in [6.07, 6.45) is 1.58. The number of aromatic amines is 1. The third-order valence-corrected chi connectivity index (χ3v) is 2.43. The first-order valence-corrected chi connectivity index (χ1v) is 5.89. The van der Waals surface area contributed by atoms with Crippen molar-refractivity contribution in [3.63, 3.8) is 0 Å². The van der Waals surface area contributed by atoms with Crippen LogP contribution in [0.5, 0.6) is 0 Å². The van der Waals surface area contributed by atoms with Gasteiger partial charge in [-0.2, -0.15) is 5.10 Å². The Morgan fingerprint density at radius 2 is 2.39 bits per heavy atom. The van der Waals surface area contributed by atoms with Gasteiger partial charge in [0, 0.05) is 19.2 Å². The molecule has 2 aromatic heterocycles. The lowest BCUT2D eigenvalue weighted by molar-refractivity contribution is 0.0949. The maximum atomic E-state index is 11.7. The summed E-state index contributed by atoms with van der Waals surface area (Å²) < 4.78 is 5.21. The van der Waals surface area contributed by atoms with E-state index in [0.29, 0.717) is 23.7 Å². The van der Waals surface area contributed by atoms with Gasteiger partial charge in [-0.05, 0) is 18.7 Å². The number of likely N-dealkylation sites (N-methyl/N-ethyl adjacent to an activating group) is 1. The predicted octanol–water partition coefficient (Wildman–Crippen LogP) is 1.01. The molecule has 6 nitrogen and oxygen atoms in total. The van der Waals surface area contributed by atoms with Crippen LogP contribution in [0.15, 0.2) is 28.9 Å². The first kappa shape index (κ1) is 12.4. The highest BCUT2D eigenvalue weighted by atomic mass is 16.3. The van der Waals surface area contributed by atoms with E-state index in [4.69, 9.17) is 4.42 Å². The van der Waals surface area contributed by atoms with Crippen LogP contribution in [0.3, 0.4) is 0 Å². The minimum Gasteiger partial charge on any atom is -0.463 e. The van der Waals surface area contributed by atoms with Gasteiger partial charge in [0.2, 0.25) is 0 Å². The van der Waals surface area contributed by atoms with Gasteiger partial charge < -0.3 is 15.1 Å². The molecule has 0 unspecified atom stereocenters. The number of amides is 1. The van der Waals surface area contributed by atoms with Crippen LogP contribution >= 0.6 is 0 Å². The maximum absolute atomic E-state index is 11.7. The van der Waals surface area contributed by atoms with Crippen molar-refractivity contribution in [1.82, 2.24) is 20.8 Å². The summed E-state index contributed by atoms with van der Waals surface area (Å²) >= 11 is 0. The summed E-state index contributed by atoms with van der Waals surface area (Å²) in [5.74, 6) is 0.469. The van der Waals surface area contributed by atoms with Gasteiger partial charge in [0.25, 0.3) is 5.91 Å².